The first-order valence-corrected chi connectivity index (χ1v) is 12.5. The molecule has 0 spiro atoms. The van der Waals surface area contributed by atoms with E-state index in [1.807, 2.05) is 59.3 Å². The Morgan fingerprint density at radius 3 is 2.87 bits per heavy atom. The number of fused-ring (bicyclic) bond motifs is 4. The number of para-hydroxylation sites is 1. The molecule has 7 rings (SSSR count). The van der Waals surface area contributed by atoms with E-state index in [0.717, 1.165) is 27.8 Å². The molecular formula is C29H23FN6O3. The van der Waals surface area contributed by atoms with Gasteiger partial charge in [0.25, 0.3) is 5.78 Å². The van der Waals surface area contributed by atoms with Crippen molar-refractivity contribution in [3.05, 3.63) is 108 Å². The summed E-state index contributed by atoms with van der Waals surface area (Å²) in [5, 5.41) is 9.01. The van der Waals surface area contributed by atoms with Crippen molar-refractivity contribution in [3.8, 4) is 17.3 Å². The molecular weight excluding hydrogens is 499 g/mol. The van der Waals surface area contributed by atoms with Gasteiger partial charge in [0.2, 0.25) is 0 Å². The third-order valence-corrected chi connectivity index (χ3v) is 7.17. The van der Waals surface area contributed by atoms with Crippen molar-refractivity contribution >= 4 is 16.7 Å². The molecule has 0 saturated carbocycles. The number of aromatic nitrogens is 6. The average Bonchev–Trinajstić information content (AvgIpc) is 3.68. The summed E-state index contributed by atoms with van der Waals surface area (Å²) >= 11 is 0. The third kappa shape index (κ3) is 3.88. The van der Waals surface area contributed by atoms with Crippen molar-refractivity contribution in [2.75, 3.05) is 13.7 Å². The van der Waals surface area contributed by atoms with Gasteiger partial charge >= 0.3 is 0 Å². The van der Waals surface area contributed by atoms with E-state index in [0.29, 0.717) is 35.9 Å². The van der Waals surface area contributed by atoms with Crippen LogP contribution in [0.5, 0.6) is 11.5 Å². The van der Waals surface area contributed by atoms with Gasteiger partial charge in [-0.2, -0.15) is 4.98 Å². The van der Waals surface area contributed by atoms with Crippen molar-refractivity contribution in [1.82, 2.24) is 29.1 Å². The number of rotatable bonds is 6. The molecule has 0 saturated heterocycles. The molecule has 1 aliphatic heterocycles. The van der Waals surface area contributed by atoms with E-state index in [4.69, 9.17) is 14.2 Å². The fourth-order valence-electron chi connectivity index (χ4n) is 5.33. The minimum Gasteiger partial charge on any atom is -0.493 e. The van der Waals surface area contributed by atoms with Crippen molar-refractivity contribution in [1.29, 1.82) is 0 Å². The summed E-state index contributed by atoms with van der Waals surface area (Å²) in [5.41, 5.74) is 2.30. The smallest absolute Gasteiger partial charge is 0.257 e. The fourth-order valence-corrected chi connectivity index (χ4v) is 5.33. The van der Waals surface area contributed by atoms with E-state index in [1.165, 1.54) is 12.1 Å². The summed E-state index contributed by atoms with van der Waals surface area (Å²) in [6, 6.07) is 18.4. The fraction of sp³-hybridized carbons (Fsp3) is 0.172. The summed E-state index contributed by atoms with van der Waals surface area (Å²) in [4.78, 5) is 8.77. The number of imidazole rings is 1. The SMILES string of the molecule is COC1(c2cc(F)cc(COc3ccc4c(-n5ccnc5)nc5nncn5c4c3)c2)CCOc2ccccc21. The Balaban J connectivity index is 1.23. The molecule has 1 atom stereocenters. The first kappa shape index (κ1) is 23.3. The normalized spacial score (nSPS) is 16.8. The Morgan fingerprint density at radius 2 is 2.00 bits per heavy atom. The van der Waals surface area contributed by atoms with Crippen LogP contribution in [0.3, 0.4) is 0 Å². The highest BCUT2D eigenvalue weighted by molar-refractivity contribution is 5.88. The predicted octanol–water partition coefficient (Wildman–Crippen LogP) is 4.85. The molecule has 0 aliphatic carbocycles. The standard InChI is InChI=1S/C29H23FN6O3/c1-37-29(8-11-38-26-5-3-2-4-24(26)29)20-12-19(13-21(30)14-20)16-39-22-6-7-23-25(15-22)36-18-32-34-28(36)33-27(23)35-10-9-31-17-35/h2-7,9-10,12-15,17-18H,8,11,16H2,1H3. The van der Waals surface area contributed by atoms with Crippen LogP contribution < -0.4 is 9.47 Å². The average molecular weight is 523 g/mol. The molecule has 0 bridgehead atoms. The zero-order valence-corrected chi connectivity index (χ0v) is 21.0. The zero-order chi connectivity index (χ0) is 26.4. The van der Waals surface area contributed by atoms with Crippen molar-refractivity contribution in [2.45, 2.75) is 18.6 Å². The molecule has 6 aromatic rings. The van der Waals surface area contributed by atoms with E-state index in [9.17, 15) is 4.39 Å². The van der Waals surface area contributed by atoms with Crippen LogP contribution in [0.2, 0.25) is 0 Å². The Labute approximate surface area is 222 Å². The summed E-state index contributed by atoms with van der Waals surface area (Å²) in [6.07, 6.45) is 7.38. The van der Waals surface area contributed by atoms with Gasteiger partial charge in [-0.15, -0.1) is 10.2 Å². The van der Waals surface area contributed by atoms with Crippen LogP contribution in [0, 0.1) is 5.82 Å². The second-order valence-electron chi connectivity index (χ2n) is 9.35. The minimum atomic E-state index is -0.814. The van der Waals surface area contributed by atoms with Gasteiger partial charge in [0.1, 0.15) is 42.2 Å². The Bertz CT molecular complexity index is 1820. The predicted molar refractivity (Wildman–Crippen MR) is 140 cm³/mol. The Morgan fingerprint density at radius 1 is 1.08 bits per heavy atom. The van der Waals surface area contributed by atoms with Crippen LogP contribution in [0.4, 0.5) is 4.39 Å². The van der Waals surface area contributed by atoms with Gasteiger partial charge < -0.3 is 14.2 Å². The van der Waals surface area contributed by atoms with Gasteiger partial charge in [0, 0.05) is 42.9 Å². The molecule has 1 unspecified atom stereocenters. The van der Waals surface area contributed by atoms with Gasteiger partial charge in [-0.1, -0.05) is 18.2 Å². The van der Waals surface area contributed by atoms with E-state index in [1.54, 1.807) is 30.4 Å². The number of halogens is 1. The molecule has 0 radical (unpaired) electrons. The topological polar surface area (TPSA) is 88.6 Å². The van der Waals surface area contributed by atoms with Gasteiger partial charge in [0.15, 0.2) is 5.82 Å². The number of ether oxygens (including phenoxy) is 3. The molecule has 3 aromatic heterocycles. The van der Waals surface area contributed by atoms with Crippen molar-refractivity contribution in [3.63, 3.8) is 0 Å². The number of hydrogen-bond acceptors (Lipinski definition) is 7. The third-order valence-electron chi connectivity index (χ3n) is 7.17. The summed E-state index contributed by atoms with van der Waals surface area (Å²) in [6.45, 7) is 0.636. The maximum Gasteiger partial charge on any atom is 0.257 e. The maximum atomic E-state index is 14.9. The molecule has 194 valence electrons. The van der Waals surface area contributed by atoms with Gasteiger partial charge in [-0.3, -0.25) is 8.97 Å². The molecule has 0 amide bonds. The number of methoxy groups -OCH3 is 1. The van der Waals surface area contributed by atoms with Crippen LogP contribution in [-0.4, -0.2) is 42.8 Å². The number of hydrogen-bond donors (Lipinski definition) is 0. The van der Waals surface area contributed by atoms with Crippen LogP contribution in [0.15, 0.2) is 85.7 Å². The minimum absolute atomic E-state index is 0.166. The van der Waals surface area contributed by atoms with E-state index < -0.39 is 5.60 Å². The highest BCUT2D eigenvalue weighted by atomic mass is 19.1. The summed E-state index contributed by atoms with van der Waals surface area (Å²) < 4.78 is 36.6. The first-order valence-electron chi connectivity index (χ1n) is 12.5. The summed E-state index contributed by atoms with van der Waals surface area (Å²) in [7, 11) is 1.65. The molecule has 4 heterocycles. The van der Waals surface area contributed by atoms with E-state index >= 15 is 0 Å². The molecule has 1 aliphatic rings. The highest BCUT2D eigenvalue weighted by Gasteiger charge is 2.40. The lowest BCUT2D eigenvalue weighted by atomic mass is 9.81. The zero-order valence-electron chi connectivity index (χ0n) is 21.0. The molecule has 3 aromatic carbocycles. The molecule has 39 heavy (non-hydrogen) atoms. The van der Waals surface area contributed by atoms with Gasteiger partial charge in [0.05, 0.1) is 12.1 Å². The molecule has 9 nitrogen and oxygen atoms in total. The van der Waals surface area contributed by atoms with E-state index in [2.05, 4.69) is 20.2 Å². The monoisotopic (exact) mass is 522 g/mol. The van der Waals surface area contributed by atoms with Crippen LogP contribution in [-0.2, 0) is 16.9 Å². The second-order valence-corrected chi connectivity index (χ2v) is 9.35. The van der Waals surface area contributed by atoms with Crippen LogP contribution in [0.1, 0.15) is 23.1 Å². The Kier molecular flexibility index (Phi) is 5.48. The highest BCUT2D eigenvalue weighted by Crippen LogP contribution is 2.44. The lowest BCUT2D eigenvalue weighted by Crippen LogP contribution is -2.36. The van der Waals surface area contributed by atoms with E-state index in [-0.39, 0.29) is 12.4 Å². The lowest BCUT2D eigenvalue weighted by molar-refractivity contribution is -0.0109. The molecule has 10 heteroatoms. The quantitative estimate of drug-likeness (QED) is 0.309. The molecule has 0 N–H and O–H groups in total. The lowest BCUT2D eigenvalue weighted by Gasteiger charge is -2.38. The van der Waals surface area contributed by atoms with Crippen molar-refractivity contribution < 1.29 is 18.6 Å². The van der Waals surface area contributed by atoms with Crippen molar-refractivity contribution in [2.24, 2.45) is 0 Å². The molecule has 0 fully saturated rings. The number of benzene rings is 3. The second kappa shape index (κ2) is 9.17. The largest absolute Gasteiger partial charge is 0.493 e. The summed E-state index contributed by atoms with van der Waals surface area (Å²) in [5.74, 6) is 2.15. The number of nitrogens with zero attached hydrogens (tertiary/aromatic N) is 6. The van der Waals surface area contributed by atoms with Gasteiger partial charge in [-0.25, -0.2) is 9.37 Å². The van der Waals surface area contributed by atoms with Gasteiger partial charge in [-0.05, 0) is 47.5 Å². The first-order chi connectivity index (χ1) is 19.1. The maximum absolute atomic E-state index is 14.9. The van der Waals surface area contributed by atoms with Crippen LogP contribution >= 0.6 is 0 Å². The van der Waals surface area contributed by atoms with Crippen LogP contribution in [0.25, 0.3) is 22.5 Å². The Hall–Kier alpha value is -4.83.